The van der Waals surface area contributed by atoms with E-state index in [1.807, 2.05) is 12.1 Å². The highest BCUT2D eigenvalue weighted by Gasteiger charge is 2.20. The highest BCUT2D eigenvalue weighted by atomic mass is 16.6. The molecule has 0 spiro atoms. The van der Waals surface area contributed by atoms with Gasteiger partial charge in [0, 0.05) is 12.7 Å². The number of rotatable bonds is 5. The van der Waals surface area contributed by atoms with Gasteiger partial charge in [0.1, 0.15) is 11.6 Å². The van der Waals surface area contributed by atoms with E-state index in [0.717, 1.165) is 12.8 Å². The minimum atomic E-state index is -0.582. The minimum absolute atomic E-state index is 0.0118. The van der Waals surface area contributed by atoms with Gasteiger partial charge in [-0.2, -0.15) is 5.26 Å². The first-order valence-corrected chi connectivity index (χ1v) is 6.25. The summed E-state index contributed by atoms with van der Waals surface area (Å²) in [5.74, 6) is 0.140. The van der Waals surface area contributed by atoms with Crippen LogP contribution in [0.3, 0.4) is 0 Å². The minimum Gasteiger partial charge on any atom is -0.377 e. The Labute approximate surface area is 116 Å². The van der Waals surface area contributed by atoms with Crippen molar-refractivity contribution in [2.45, 2.75) is 12.8 Å². The lowest BCUT2D eigenvalue weighted by Crippen LogP contribution is -2.11. The third-order valence-corrected chi connectivity index (χ3v) is 3.02. The molecule has 0 aromatic carbocycles. The monoisotopic (exact) mass is 274 g/mol. The average molecular weight is 274 g/mol. The molecule has 0 unspecified atom stereocenters. The standard InChI is InChI=1S/C13H14N4O3/c14-9-11-2-6-16-13(12(11)17(18)19)15-5-1-10-3-7-20-8-4-10/h2-3,6H,1,4-5,7-8H2,(H,15,16). The van der Waals surface area contributed by atoms with Crippen molar-refractivity contribution >= 4 is 11.5 Å². The number of hydrogen-bond acceptors (Lipinski definition) is 6. The molecule has 1 aromatic heterocycles. The lowest BCUT2D eigenvalue weighted by Gasteiger charge is -2.13. The van der Waals surface area contributed by atoms with Crippen LogP contribution in [-0.2, 0) is 4.74 Å². The van der Waals surface area contributed by atoms with Crippen molar-refractivity contribution in [1.29, 1.82) is 5.26 Å². The molecule has 1 aliphatic heterocycles. The molecular formula is C13H14N4O3. The van der Waals surface area contributed by atoms with Crippen LogP contribution in [0.25, 0.3) is 0 Å². The molecule has 0 bridgehead atoms. The van der Waals surface area contributed by atoms with E-state index in [4.69, 9.17) is 10.00 Å². The van der Waals surface area contributed by atoms with E-state index >= 15 is 0 Å². The number of hydrogen-bond donors (Lipinski definition) is 1. The van der Waals surface area contributed by atoms with Crippen LogP contribution in [0.5, 0.6) is 0 Å². The molecule has 0 aliphatic carbocycles. The molecule has 0 saturated heterocycles. The van der Waals surface area contributed by atoms with E-state index in [1.165, 1.54) is 17.8 Å². The SMILES string of the molecule is N#Cc1ccnc(NCCC2=CCOCC2)c1[N+](=O)[O-]. The molecule has 7 nitrogen and oxygen atoms in total. The lowest BCUT2D eigenvalue weighted by molar-refractivity contribution is -0.384. The zero-order chi connectivity index (χ0) is 14.4. The first-order chi connectivity index (χ1) is 9.72. The number of pyridine rings is 1. The van der Waals surface area contributed by atoms with Gasteiger partial charge in [-0.1, -0.05) is 11.6 Å². The predicted octanol–water partition coefficient (Wildman–Crippen LogP) is 2.01. The van der Waals surface area contributed by atoms with Gasteiger partial charge in [0.2, 0.25) is 5.82 Å². The molecule has 0 radical (unpaired) electrons. The number of anilines is 1. The largest absolute Gasteiger partial charge is 0.377 e. The third kappa shape index (κ3) is 3.30. The highest BCUT2D eigenvalue weighted by Crippen LogP contribution is 2.25. The number of nitro groups is 1. The van der Waals surface area contributed by atoms with Gasteiger partial charge >= 0.3 is 5.69 Å². The summed E-state index contributed by atoms with van der Waals surface area (Å²) >= 11 is 0. The van der Waals surface area contributed by atoms with E-state index in [1.54, 1.807) is 0 Å². The average Bonchev–Trinajstić information content (AvgIpc) is 2.47. The van der Waals surface area contributed by atoms with Gasteiger partial charge in [-0.05, 0) is 18.9 Å². The Bertz CT molecular complexity index is 577. The normalized spacial score (nSPS) is 14.2. The lowest BCUT2D eigenvalue weighted by atomic mass is 10.1. The number of nitrogens with zero attached hydrogens (tertiary/aromatic N) is 3. The van der Waals surface area contributed by atoms with Gasteiger partial charge in [0.05, 0.1) is 18.1 Å². The molecular weight excluding hydrogens is 260 g/mol. The van der Waals surface area contributed by atoms with Crippen LogP contribution in [-0.4, -0.2) is 29.7 Å². The van der Waals surface area contributed by atoms with Gasteiger partial charge in [-0.25, -0.2) is 4.98 Å². The van der Waals surface area contributed by atoms with Crippen LogP contribution in [0.15, 0.2) is 23.9 Å². The summed E-state index contributed by atoms with van der Waals surface area (Å²) in [6, 6.07) is 3.15. The van der Waals surface area contributed by atoms with E-state index in [9.17, 15) is 10.1 Å². The van der Waals surface area contributed by atoms with Gasteiger partial charge in [-0.3, -0.25) is 10.1 Å². The number of nitriles is 1. The Balaban J connectivity index is 2.04. The van der Waals surface area contributed by atoms with E-state index in [0.29, 0.717) is 19.8 Å². The van der Waals surface area contributed by atoms with Gasteiger partial charge in [0.25, 0.3) is 0 Å². The topological polar surface area (TPSA) is 101 Å². The molecule has 0 saturated carbocycles. The molecule has 0 atom stereocenters. The molecule has 1 aromatic rings. The van der Waals surface area contributed by atoms with Crippen molar-refractivity contribution < 1.29 is 9.66 Å². The molecule has 0 amide bonds. The summed E-state index contributed by atoms with van der Waals surface area (Å²) in [5, 5.41) is 22.8. The smallest absolute Gasteiger partial charge is 0.328 e. The second-order valence-corrected chi connectivity index (χ2v) is 4.29. The highest BCUT2D eigenvalue weighted by molar-refractivity contribution is 5.64. The quantitative estimate of drug-likeness (QED) is 0.500. The molecule has 0 fully saturated rings. The first-order valence-electron chi connectivity index (χ1n) is 6.25. The van der Waals surface area contributed by atoms with Crippen molar-refractivity contribution in [3.63, 3.8) is 0 Å². The summed E-state index contributed by atoms with van der Waals surface area (Å²) in [5.41, 5.74) is 1.01. The van der Waals surface area contributed by atoms with Crippen molar-refractivity contribution in [3.8, 4) is 6.07 Å². The molecule has 20 heavy (non-hydrogen) atoms. The first kappa shape index (κ1) is 14.0. The summed E-state index contributed by atoms with van der Waals surface area (Å²) < 4.78 is 5.21. The predicted molar refractivity (Wildman–Crippen MR) is 72.2 cm³/mol. The van der Waals surface area contributed by atoms with E-state index in [2.05, 4.69) is 10.3 Å². The second kappa shape index (κ2) is 6.63. The van der Waals surface area contributed by atoms with Crippen molar-refractivity contribution in [2.75, 3.05) is 25.1 Å². The molecule has 104 valence electrons. The molecule has 1 aliphatic rings. The Morgan fingerprint density at radius 3 is 3.10 bits per heavy atom. The van der Waals surface area contributed by atoms with Gasteiger partial charge in [0.15, 0.2) is 0 Å². The summed E-state index contributed by atoms with van der Waals surface area (Å²) in [6.07, 6.45) is 5.08. The summed E-state index contributed by atoms with van der Waals surface area (Å²) in [4.78, 5) is 14.4. The maximum absolute atomic E-state index is 11.0. The fourth-order valence-corrected chi connectivity index (χ4v) is 1.99. The van der Waals surface area contributed by atoms with Crippen molar-refractivity contribution in [2.24, 2.45) is 0 Å². The molecule has 7 heteroatoms. The Morgan fingerprint density at radius 1 is 1.60 bits per heavy atom. The summed E-state index contributed by atoms with van der Waals surface area (Å²) in [6.45, 7) is 1.88. The van der Waals surface area contributed by atoms with Crippen LogP contribution in [0.2, 0.25) is 0 Å². The Kier molecular flexibility index (Phi) is 4.63. The molecule has 1 N–H and O–H groups in total. The Hall–Kier alpha value is -2.46. The summed E-state index contributed by atoms with van der Waals surface area (Å²) in [7, 11) is 0. The van der Waals surface area contributed by atoms with Crippen LogP contribution >= 0.6 is 0 Å². The Morgan fingerprint density at radius 2 is 2.45 bits per heavy atom. The van der Waals surface area contributed by atoms with Gasteiger partial charge < -0.3 is 10.1 Å². The van der Waals surface area contributed by atoms with Crippen molar-refractivity contribution in [1.82, 2.24) is 4.98 Å². The maximum atomic E-state index is 11.0. The van der Waals surface area contributed by atoms with Crippen molar-refractivity contribution in [3.05, 3.63) is 39.6 Å². The third-order valence-electron chi connectivity index (χ3n) is 3.02. The van der Waals surface area contributed by atoms with Crippen LogP contribution in [0.4, 0.5) is 11.5 Å². The zero-order valence-corrected chi connectivity index (χ0v) is 10.8. The number of nitrogens with one attached hydrogen (secondary N) is 1. The van der Waals surface area contributed by atoms with Crippen LogP contribution in [0.1, 0.15) is 18.4 Å². The fraction of sp³-hybridized carbons (Fsp3) is 0.385. The molecule has 2 rings (SSSR count). The van der Waals surface area contributed by atoms with Gasteiger partial charge in [-0.15, -0.1) is 0 Å². The number of ether oxygens (including phenoxy) is 1. The van der Waals surface area contributed by atoms with E-state index in [-0.39, 0.29) is 17.1 Å². The number of aromatic nitrogens is 1. The second-order valence-electron chi connectivity index (χ2n) is 4.29. The zero-order valence-electron chi connectivity index (χ0n) is 10.8. The van der Waals surface area contributed by atoms with Crippen LogP contribution < -0.4 is 5.32 Å². The van der Waals surface area contributed by atoms with E-state index < -0.39 is 4.92 Å². The maximum Gasteiger partial charge on any atom is 0.328 e. The molecule has 2 heterocycles. The van der Waals surface area contributed by atoms with Crippen LogP contribution in [0, 0.1) is 21.4 Å². The fourth-order valence-electron chi connectivity index (χ4n) is 1.99.